The summed E-state index contributed by atoms with van der Waals surface area (Å²) in [5, 5.41) is 9.77. The average Bonchev–Trinajstić information content (AvgIpc) is 3.40. The topological polar surface area (TPSA) is 65.5 Å². The molecular weight excluding hydrogens is 312 g/mol. The van der Waals surface area contributed by atoms with Crippen molar-refractivity contribution in [2.75, 3.05) is 26.7 Å². The molecule has 1 aromatic rings. The van der Waals surface area contributed by atoms with Crippen LogP contribution in [-0.2, 0) is 10.2 Å². The van der Waals surface area contributed by atoms with Crippen LogP contribution in [-0.4, -0.2) is 38.5 Å². The molecule has 1 aromatic carbocycles. The third kappa shape index (κ3) is 4.74. The van der Waals surface area contributed by atoms with Crippen LogP contribution in [0.4, 0.5) is 0 Å². The molecule has 2 saturated carbocycles. The second-order valence-corrected chi connectivity index (χ2v) is 7.27. The van der Waals surface area contributed by atoms with E-state index in [9.17, 15) is 4.79 Å². The van der Waals surface area contributed by atoms with Gasteiger partial charge in [-0.2, -0.15) is 0 Å². The van der Waals surface area contributed by atoms with Gasteiger partial charge in [0.15, 0.2) is 5.96 Å². The molecule has 5 nitrogen and oxygen atoms in total. The van der Waals surface area contributed by atoms with Crippen LogP contribution in [0.25, 0.3) is 0 Å². The Bertz CT molecular complexity index is 589. The van der Waals surface area contributed by atoms with Crippen LogP contribution in [0.15, 0.2) is 35.3 Å². The molecule has 5 heteroatoms. The van der Waals surface area contributed by atoms with E-state index in [1.807, 2.05) is 0 Å². The minimum Gasteiger partial charge on any atom is -0.356 e. The predicted octanol–water partition coefficient (Wildman–Crippen LogP) is 2.19. The van der Waals surface area contributed by atoms with Crippen LogP contribution >= 0.6 is 0 Å². The van der Waals surface area contributed by atoms with Crippen molar-refractivity contribution in [2.24, 2.45) is 10.9 Å². The SMILES string of the molecule is CN=C(NCCNC(=O)C1CC1)NCC1(c2ccccc2)CCCC1. The predicted molar refractivity (Wildman–Crippen MR) is 102 cm³/mol. The molecule has 0 spiro atoms. The molecule has 2 aliphatic carbocycles. The Labute approximate surface area is 150 Å². The number of rotatable bonds is 7. The number of carbonyl (C=O) groups excluding carboxylic acids is 1. The lowest BCUT2D eigenvalue weighted by atomic mass is 9.79. The smallest absolute Gasteiger partial charge is 0.223 e. The molecular formula is C20H30N4O. The summed E-state index contributed by atoms with van der Waals surface area (Å²) in [6, 6.07) is 10.8. The van der Waals surface area contributed by atoms with Crippen molar-refractivity contribution in [3.05, 3.63) is 35.9 Å². The highest BCUT2D eigenvalue weighted by atomic mass is 16.2. The van der Waals surface area contributed by atoms with Gasteiger partial charge >= 0.3 is 0 Å². The number of guanidine groups is 1. The van der Waals surface area contributed by atoms with Crippen molar-refractivity contribution in [3.63, 3.8) is 0 Å². The van der Waals surface area contributed by atoms with E-state index in [0.29, 0.717) is 13.1 Å². The Morgan fingerprint density at radius 3 is 2.40 bits per heavy atom. The van der Waals surface area contributed by atoms with Crippen molar-refractivity contribution in [3.8, 4) is 0 Å². The molecule has 2 fully saturated rings. The van der Waals surface area contributed by atoms with Crippen LogP contribution < -0.4 is 16.0 Å². The minimum absolute atomic E-state index is 0.193. The molecule has 3 rings (SSSR count). The Morgan fingerprint density at radius 1 is 1.08 bits per heavy atom. The lowest BCUT2D eigenvalue weighted by Crippen LogP contribution is -2.46. The molecule has 1 amide bonds. The second kappa shape index (κ2) is 8.37. The van der Waals surface area contributed by atoms with Gasteiger partial charge in [-0.05, 0) is 31.2 Å². The van der Waals surface area contributed by atoms with Crippen LogP contribution in [0.3, 0.4) is 0 Å². The molecule has 3 N–H and O–H groups in total. The molecule has 0 saturated heterocycles. The van der Waals surface area contributed by atoms with Crippen molar-refractivity contribution in [2.45, 2.75) is 43.9 Å². The first-order valence-electron chi connectivity index (χ1n) is 9.51. The van der Waals surface area contributed by atoms with Gasteiger partial charge in [-0.3, -0.25) is 9.79 Å². The maximum atomic E-state index is 11.6. The maximum Gasteiger partial charge on any atom is 0.223 e. The van der Waals surface area contributed by atoms with Gasteiger partial charge in [0.1, 0.15) is 0 Å². The fraction of sp³-hybridized carbons (Fsp3) is 0.600. The molecule has 0 atom stereocenters. The molecule has 0 aromatic heterocycles. The third-order valence-corrected chi connectivity index (χ3v) is 5.43. The second-order valence-electron chi connectivity index (χ2n) is 7.27. The summed E-state index contributed by atoms with van der Waals surface area (Å²) >= 11 is 0. The quantitative estimate of drug-likeness (QED) is 0.404. The fourth-order valence-corrected chi connectivity index (χ4v) is 3.74. The van der Waals surface area contributed by atoms with E-state index in [0.717, 1.165) is 25.3 Å². The van der Waals surface area contributed by atoms with E-state index in [-0.39, 0.29) is 17.2 Å². The fourth-order valence-electron chi connectivity index (χ4n) is 3.74. The molecule has 25 heavy (non-hydrogen) atoms. The number of hydrogen-bond donors (Lipinski definition) is 3. The Morgan fingerprint density at radius 2 is 1.76 bits per heavy atom. The lowest BCUT2D eigenvalue weighted by Gasteiger charge is -2.30. The van der Waals surface area contributed by atoms with Crippen molar-refractivity contribution in [1.82, 2.24) is 16.0 Å². The molecule has 0 unspecified atom stereocenters. The summed E-state index contributed by atoms with van der Waals surface area (Å²) in [7, 11) is 1.79. The standard InChI is InChI=1S/C20H30N4O/c1-21-19(23-14-13-22-18(25)16-9-10-16)24-15-20(11-5-6-12-20)17-7-3-2-4-8-17/h2-4,7-8,16H,5-6,9-15H2,1H3,(H,22,25)(H2,21,23,24). The van der Waals surface area contributed by atoms with E-state index in [1.54, 1.807) is 7.05 Å². The van der Waals surface area contributed by atoms with Gasteiger partial charge < -0.3 is 16.0 Å². The number of amides is 1. The first-order chi connectivity index (χ1) is 12.2. The van der Waals surface area contributed by atoms with Crippen LogP contribution in [0, 0.1) is 5.92 Å². The molecule has 0 aliphatic heterocycles. The third-order valence-electron chi connectivity index (χ3n) is 5.43. The van der Waals surface area contributed by atoms with E-state index in [1.165, 1.54) is 31.2 Å². The number of hydrogen-bond acceptors (Lipinski definition) is 2. The van der Waals surface area contributed by atoms with Crippen LogP contribution in [0.1, 0.15) is 44.1 Å². The molecule has 0 radical (unpaired) electrons. The van der Waals surface area contributed by atoms with Crippen LogP contribution in [0.2, 0.25) is 0 Å². The summed E-state index contributed by atoms with van der Waals surface area (Å²) in [6.07, 6.45) is 7.11. The van der Waals surface area contributed by atoms with Crippen LogP contribution in [0.5, 0.6) is 0 Å². The monoisotopic (exact) mass is 342 g/mol. The summed E-state index contributed by atoms with van der Waals surface area (Å²) in [6.45, 7) is 2.22. The average molecular weight is 342 g/mol. The molecule has 2 aliphatic rings. The van der Waals surface area contributed by atoms with Gasteiger partial charge in [-0.1, -0.05) is 43.2 Å². The van der Waals surface area contributed by atoms with Crippen molar-refractivity contribution >= 4 is 11.9 Å². The molecule has 136 valence electrons. The van der Waals surface area contributed by atoms with Gasteiger partial charge in [0.25, 0.3) is 0 Å². The first kappa shape index (κ1) is 17.8. The minimum atomic E-state index is 0.193. The zero-order valence-electron chi connectivity index (χ0n) is 15.2. The maximum absolute atomic E-state index is 11.6. The van der Waals surface area contributed by atoms with Crippen molar-refractivity contribution < 1.29 is 4.79 Å². The molecule has 0 heterocycles. The first-order valence-corrected chi connectivity index (χ1v) is 9.51. The summed E-state index contributed by atoms with van der Waals surface area (Å²) in [5.74, 6) is 1.27. The van der Waals surface area contributed by atoms with E-state index >= 15 is 0 Å². The van der Waals surface area contributed by atoms with Gasteiger partial charge in [-0.15, -0.1) is 0 Å². The van der Waals surface area contributed by atoms with Crippen molar-refractivity contribution in [1.29, 1.82) is 0 Å². The summed E-state index contributed by atoms with van der Waals surface area (Å²) in [5.41, 5.74) is 1.63. The Hall–Kier alpha value is -2.04. The lowest BCUT2D eigenvalue weighted by molar-refractivity contribution is -0.122. The zero-order chi connectivity index (χ0) is 17.5. The number of carbonyl (C=O) groups is 1. The highest BCUT2D eigenvalue weighted by Gasteiger charge is 2.35. The summed E-state index contributed by atoms with van der Waals surface area (Å²) in [4.78, 5) is 16.0. The van der Waals surface area contributed by atoms with Gasteiger partial charge in [0, 0.05) is 38.0 Å². The number of nitrogens with one attached hydrogen (secondary N) is 3. The van der Waals surface area contributed by atoms with E-state index in [4.69, 9.17) is 0 Å². The Kier molecular flexibility index (Phi) is 5.95. The number of nitrogens with zero attached hydrogens (tertiary/aromatic N) is 1. The normalized spacial score (nSPS) is 19.5. The highest BCUT2D eigenvalue weighted by molar-refractivity contribution is 5.81. The van der Waals surface area contributed by atoms with Gasteiger partial charge in [0.05, 0.1) is 0 Å². The van der Waals surface area contributed by atoms with Gasteiger partial charge in [0.2, 0.25) is 5.91 Å². The number of aliphatic imine (C=N–C) groups is 1. The molecule has 0 bridgehead atoms. The highest BCUT2D eigenvalue weighted by Crippen LogP contribution is 2.40. The Balaban J connectivity index is 1.46. The zero-order valence-corrected chi connectivity index (χ0v) is 15.2. The largest absolute Gasteiger partial charge is 0.356 e. The van der Waals surface area contributed by atoms with E-state index in [2.05, 4.69) is 51.3 Å². The summed E-state index contributed by atoms with van der Waals surface area (Å²) < 4.78 is 0. The number of benzene rings is 1. The van der Waals surface area contributed by atoms with Gasteiger partial charge in [-0.25, -0.2) is 0 Å². The van der Waals surface area contributed by atoms with E-state index < -0.39 is 0 Å².